The molecule has 2 rings (SSSR count). The molecule has 0 aliphatic rings. The molecule has 18 heavy (non-hydrogen) atoms. The van der Waals surface area contributed by atoms with Crippen molar-refractivity contribution in [2.45, 2.75) is 33.7 Å². The average Bonchev–Trinajstić information content (AvgIpc) is 2.66. The Bertz CT molecular complexity index is 516. The number of hydrogen-bond acceptors (Lipinski definition) is 3. The van der Waals surface area contributed by atoms with E-state index < -0.39 is 0 Å². The van der Waals surface area contributed by atoms with E-state index in [1.807, 2.05) is 23.9 Å². The summed E-state index contributed by atoms with van der Waals surface area (Å²) in [7, 11) is 0. The molecule has 0 unspecified atom stereocenters. The van der Waals surface area contributed by atoms with E-state index >= 15 is 0 Å². The van der Waals surface area contributed by atoms with Gasteiger partial charge in [0.1, 0.15) is 0 Å². The zero-order valence-corrected chi connectivity index (χ0v) is 11.3. The molecule has 0 saturated carbocycles. The van der Waals surface area contributed by atoms with Crippen LogP contribution in [0.25, 0.3) is 0 Å². The summed E-state index contributed by atoms with van der Waals surface area (Å²) in [6.07, 6.45) is 2.97. The van der Waals surface area contributed by atoms with Gasteiger partial charge in [0.05, 0.1) is 17.9 Å². The monoisotopic (exact) mass is 244 g/mol. The Labute approximate surface area is 108 Å². The molecule has 2 heterocycles. The lowest BCUT2D eigenvalue weighted by molar-refractivity contribution is 0.647. The first-order chi connectivity index (χ1) is 8.69. The van der Waals surface area contributed by atoms with Crippen LogP contribution in [0, 0.1) is 13.8 Å². The van der Waals surface area contributed by atoms with Gasteiger partial charge in [0.2, 0.25) is 0 Å². The molecule has 0 atom stereocenters. The normalized spacial score (nSPS) is 10.6. The Balaban J connectivity index is 2.11. The van der Waals surface area contributed by atoms with Gasteiger partial charge in [0.25, 0.3) is 0 Å². The summed E-state index contributed by atoms with van der Waals surface area (Å²) in [4.78, 5) is 4.39. The lowest BCUT2D eigenvalue weighted by atomic mass is 10.3. The van der Waals surface area contributed by atoms with Crippen LogP contribution in [0.3, 0.4) is 0 Å². The minimum atomic E-state index is 0.724. The molecule has 0 aliphatic heterocycles. The van der Waals surface area contributed by atoms with Crippen molar-refractivity contribution in [1.29, 1.82) is 0 Å². The van der Waals surface area contributed by atoms with Crippen molar-refractivity contribution in [3.8, 4) is 0 Å². The predicted octanol–water partition coefficient (Wildman–Crippen LogP) is 2.77. The maximum Gasteiger partial charge on any atom is 0.0835 e. The fourth-order valence-electron chi connectivity index (χ4n) is 1.93. The van der Waals surface area contributed by atoms with E-state index in [4.69, 9.17) is 0 Å². The summed E-state index contributed by atoms with van der Waals surface area (Å²) < 4.78 is 1.99. The summed E-state index contributed by atoms with van der Waals surface area (Å²) in [6, 6.07) is 6.17. The summed E-state index contributed by atoms with van der Waals surface area (Å²) in [5.74, 6) is 0. The first kappa shape index (κ1) is 12.6. The molecule has 1 N–H and O–H groups in total. The Morgan fingerprint density at radius 2 is 2.11 bits per heavy atom. The number of pyridine rings is 1. The predicted molar refractivity (Wildman–Crippen MR) is 73.8 cm³/mol. The van der Waals surface area contributed by atoms with Crippen LogP contribution < -0.4 is 5.32 Å². The van der Waals surface area contributed by atoms with Crippen LogP contribution in [0.1, 0.15) is 30.4 Å². The van der Waals surface area contributed by atoms with Gasteiger partial charge in [-0.15, -0.1) is 0 Å². The number of anilines is 1. The van der Waals surface area contributed by atoms with Crippen molar-refractivity contribution in [3.05, 3.63) is 41.5 Å². The zero-order chi connectivity index (χ0) is 13.0. The fraction of sp³-hybridized carbons (Fsp3) is 0.429. The summed E-state index contributed by atoms with van der Waals surface area (Å²) in [5.41, 5.74) is 4.37. The van der Waals surface area contributed by atoms with Gasteiger partial charge in [-0.2, -0.15) is 5.10 Å². The minimum absolute atomic E-state index is 0.724. The lowest BCUT2D eigenvalue weighted by Gasteiger charge is -2.07. The highest BCUT2D eigenvalue weighted by Gasteiger charge is 2.03. The fourth-order valence-corrected chi connectivity index (χ4v) is 1.93. The molecule has 0 spiro atoms. The molecule has 2 aromatic heterocycles. The van der Waals surface area contributed by atoms with E-state index in [1.165, 1.54) is 5.69 Å². The second kappa shape index (κ2) is 5.67. The third kappa shape index (κ3) is 3.09. The largest absolute Gasteiger partial charge is 0.385 e. The number of aryl methyl sites for hydroxylation is 2. The molecule has 0 bridgehead atoms. The van der Waals surface area contributed by atoms with E-state index in [0.717, 1.165) is 36.6 Å². The zero-order valence-electron chi connectivity index (χ0n) is 11.3. The van der Waals surface area contributed by atoms with E-state index in [2.05, 4.69) is 41.4 Å². The van der Waals surface area contributed by atoms with E-state index in [-0.39, 0.29) is 0 Å². The summed E-state index contributed by atoms with van der Waals surface area (Å²) in [6.45, 7) is 7.95. The van der Waals surface area contributed by atoms with Crippen molar-refractivity contribution in [1.82, 2.24) is 14.8 Å². The first-order valence-corrected chi connectivity index (χ1v) is 6.39. The molecular formula is C14H20N4. The molecule has 2 aromatic rings. The molecule has 4 nitrogen and oxygen atoms in total. The summed E-state index contributed by atoms with van der Waals surface area (Å²) in [5, 5.41) is 7.82. The van der Waals surface area contributed by atoms with Crippen LogP contribution in [0.5, 0.6) is 0 Å². The van der Waals surface area contributed by atoms with Gasteiger partial charge in [-0.25, -0.2) is 0 Å². The summed E-state index contributed by atoms with van der Waals surface area (Å²) >= 11 is 0. The molecule has 0 saturated heterocycles. The molecule has 0 fully saturated rings. The highest BCUT2D eigenvalue weighted by atomic mass is 15.3. The number of nitrogens with one attached hydrogen (secondary N) is 1. The first-order valence-electron chi connectivity index (χ1n) is 6.39. The van der Waals surface area contributed by atoms with Crippen LogP contribution in [0.2, 0.25) is 0 Å². The Hall–Kier alpha value is -1.84. The van der Waals surface area contributed by atoms with E-state index in [0.29, 0.717) is 0 Å². The minimum Gasteiger partial charge on any atom is -0.385 e. The molecule has 0 aliphatic carbocycles. The van der Waals surface area contributed by atoms with Crippen molar-refractivity contribution in [3.63, 3.8) is 0 Å². The van der Waals surface area contributed by atoms with Gasteiger partial charge >= 0.3 is 0 Å². The van der Waals surface area contributed by atoms with Gasteiger partial charge < -0.3 is 5.32 Å². The highest BCUT2D eigenvalue weighted by Crippen LogP contribution is 2.10. The second-order valence-corrected chi connectivity index (χ2v) is 4.55. The average molecular weight is 244 g/mol. The Morgan fingerprint density at radius 1 is 1.28 bits per heavy atom. The van der Waals surface area contributed by atoms with Gasteiger partial charge in [-0.05, 0) is 38.5 Å². The van der Waals surface area contributed by atoms with Crippen LogP contribution in [0.15, 0.2) is 24.4 Å². The quantitative estimate of drug-likeness (QED) is 0.879. The number of aromatic nitrogens is 3. The molecule has 0 amide bonds. The van der Waals surface area contributed by atoms with Crippen LogP contribution in [0.4, 0.5) is 5.69 Å². The lowest BCUT2D eigenvalue weighted by Crippen LogP contribution is -2.07. The standard InChI is InChI=1S/C14H20N4/c1-4-6-15-13-5-7-16-14(9-13)10-18-12(3)8-11(2)17-18/h5,7-9H,4,6,10H2,1-3H3,(H,15,16). The van der Waals surface area contributed by atoms with Gasteiger partial charge in [0, 0.05) is 24.1 Å². The van der Waals surface area contributed by atoms with Crippen molar-refractivity contribution in [2.24, 2.45) is 0 Å². The van der Waals surface area contributed by atoms with E-state index in [1.54, 1.807) is 0 Å². The third-order valence-electron chi connectivity index (χ3n) is 2.81. The van der Waals surface area contributed by atoms with Crippen LogP contribution in [-0.2, 0) is 6.54 Å². The molecule has 4 heteroatoms. The van der Waals surface area contributed by atoms with Gasteiger partial charge in [0.15, 0.2) is 0 Å². The number of rotatable bonds is 5. The SMILES string of the molecule is CCCNc1ccnc(Cn2nc(C)cc2C)c1. The number of nitrogens with zero attached hydrogens (tertiary/aromatic N) is 3. The number of hydrogen-bond donors (Lipinski definition) is 1. The van der Waals surface area contributed by atoms with Crippen molar-refractivity contribution < 1.29 is 0 Å². The highest BCUT2D eigenvalue weighted by molar-refractivity contribution is 5.43. The van der Waals surface area contributed by atoms with Crippen molar-refractivity contribution >= 4 is 5.69 Å². The topological polar surface area (TPSA) is 42.7 Å². The Kier molecular flexibility index (Phi) is 3.97. The maximum absolute atomic E-state index is 4.45. The van der Waals surface area contributed by atoms with E-state index in [9.17, 15) is 0 Å². The second-order valence-electron chi connectivity index (χ2n) is 4.55. The van der Waals surface area contributed by atoms with Gasteiger partial charge in [-0.1, -0.05) is 6.92 Å². The third-order valence-corrected chi connectivity index (χ3v) is 2.81. The Morgan fingerprint density at radius 3 is 2.78 bits per heavy atom. The van der Waals surface area contributed by atoms with Crippen molar-refractivity contribution in [2.75, 3.05) is 11.9 Å². The van der Waals surface area contributed by atoms with Crippen LogP contribution >= 0.6 is 0 Å². The smallest absolute Gasteiger partial charge is 0.0835 e. The molecule has 96 valence electrons. The molecule has 0 aromatic carbocycles. The van der Waals surface area contributed by atoms with Crippen LogP contribution in [-0.4, -0.2) is 21.3 Å². The maximum atomic E-state index is 4.45. The van der Waals surface area contributed by atoms with Gasteiger partial charge in [-0.3, -0.25) is 9.67 Å². The molecule has 0 radical (unpaired) electrons. The molecular weight excluding hydrogens is 224 g/mol.